The minimum Gasteiger partial charge on any atom is -0.359 e. The van der Waals surface area contributed by atoms with Crippen LogP contribution in [0.1, 0.15) is 44.7 Å². The molecule has 2 aliphatic heterocycles. The van der Waals surface area contributed by atoms with Gasteiger partial charge in [0.2, 0.25) is 0 Å². The van der Waals surface area contributed by atoms with Crippen LogP contribution in [0.3, 0.4) is 0 Å². The number of anilines is 1. The van der Waals surface area contributed by atoms with E-state index in [1.165, 1.54) is 37.8 Å². The van der Waals surface area contributed by atoms with E-state index in [0.717, 1.165) is 23.6 Å². The number of hydrogen-bond acceptors (Lipinski definition) is 4. The molecule has 1 aromatic heterocycles. The first kappa shape index (κ1) is 12.4. The monoisotopic (exact) mass is 265 g/mol. The summed E-state index contributed by atoms with van der Waals surface area (Å²) in [7, 11) is 2.31. The first-order valence-corrected chi connectivity index (χ1v) is 8.07. The molecule has 2 bridgehead atoms. The second kappa shape index (κ2) is 5.17. The Morgan fingerprint density at radius 3 is 2.72 bits per heavy atom. The predicted molar refractivity (Wildman–Crippen MR) is 77.3 cm³/mol. The van der Waals surface area contributed by atoms with Crippen LogP contribution in [-0.2, 0) is 6.42 Å². The van der Waals surface area contributed by atoms with E-state index in [1.807, 2.05) is 0 Å². The molecule has 1 N–H and O–H groups in total. The van der Waals surface area contributed by atoms with Gasteiger partial charge in [-0.3, -0.25) is 0 Å². The zero-order valence-electron chi connectivity index (χ0n) is 11.4. The maximum Gasteiger partial charge on any atom is 0.183 e. The molecule has 0 amide bonds. The van der Waals surface area contributed by atoms with Crippen molar-refractivity contribution >= 4 is 16.5 Å². The highest BCUT2D eigenvalue weighted by atomic mass is 32.1. The van der Waals surface area contributed by atoms with Crippen LogP contribution >= 0.6 is 11.3 Å². The average molecular weight is 265 g/mol. The molecule has 2 aliphatic rings. The van der Waals surface area contributed by atoms with Crippen LogP contribution in [0.2, 0.25) is 0 Å². The zero-order valence-corrected chi connectivity index (χ0v) is 12.2. The Balaban J connectivity index is 1.64. The van der Waals surface area contributed by atoms with Gasteiger partial charge in [0.05, 0.1) is 5.69 Å². The minimum atomic E-state index is 0.632. The number of thiazole rings is 1. The smallest absolute Gasteiger partial charge is 0.183 e. The number of aromatic nitrogens is 1. The molecular weight excluding hydrogens is 242 g/mol. The van der Waals surface area contributed by atoms with Gasteiger partial charge >= 0.3 is 0 Å². The molecule has 100 valence electrons. The molecule has 18 heavy (non-hydrogen) atoms. The summed E-state index contributed by atoms with van der Waals surface area (Å²) < 4.78 is 0. The van der Waals surface area contributed by atoms with Gasteiger partial charge in [0, 0.05) is 23.5 Å². The van der Waals surface area contributed by atoms with Crippen LogP contribution in [-0.4, -0.2) is 35.1 Å². The molecule has 0 radical (unpaired) electrons. The highest BCUT2D eigenvalue weighted by Crippen LogP contribution is 2.34. The molecule has 2 fully saturated rings. The molecule has 3 nitrogen and oxygen atoms in total. The van der Waals surface area contributed by atoms with E-state index in [9.17, 15) is 0 Å². The summed E-state index contributed by atoms with van der Waals surface area (Å²) in [6.07, 6.45) is 7.79. The van der Waals surface area contributed by atoms with Crippen LogP contribution in [0.5, 0.6) is 0 Å². The number of rotatable bonds is 3. The Kier molecular flexibility index (Phi) is 3.57. The Labute approximate surface area is 114 Å². The Morgan fingerprint density at radius 2 is 2.11 bits per heavy atom. The van der Waals surface area contributed by atoms with Crippen molar-refractivity contribution in [3.63, 3.8) is 0 Å². The Morgan fingerprint density at radius 1 is 1.39 bits per heavy atom. The van der Waals surface area contributed by atoms with E-state index in [1.54, 1.807) is 11.3 Å². The SMILES string of the molecule is CCc1csc(NC2CC3CCCC(C2)N3C)n1. The second-order valence-electron chi connectivity index (χ2n) is 5.71. The highest BCUT2D eigenvalue weighted by Gasteiger charge is 2.36. The molecule has 3 heterocycles. The largest absolute Gasteiger partial charge is 0.359 e. The average Bonchev–Trinajstić information content (AvgIpc) is 2.78. The highest BCUT2D eigenvalue weighted by molar-refractivity contribution is 7.13. The standard InChI is InChI=1S/C14H23N3S/c1-3-10-9-18-14(15-10)16-11-7-12-5-4-6-13(8-11)17(12)2/h9,11-13H,3-8H2,1-2H3,(H,15,16). The molecule has 0 saturated carbocycles. The number of piperidine rings is 2. The molecule has 0 aliphatic carbocycles. The summed E-state index contributed by atoms with van der Waals surface area (Å²) in [5.41, 5.74) is 1.22. The van der Waals surface area contributed by atoms with E-state index >= 15 is 0 Å². The van der Waals surface area contributed by atoms with E-state index in [4.69, 9.17) is 0 Å². The minimum absolute atomic E-state index is 0.632. The van der Waals surface area contributed by atoms with Crippen molar-refractivity contribution < 1.29 is 0 Å². The van der Waals surface area contributed by atoms with Crippen molar-refractivity contribution in [2.45, 2.75) is 63.6 Å². The van der Waals surface area contributed by atoms with E-state index in [2.05, 4.69) is 34.6 Å². The molecule has 4 heteroatoms. The van der Waals surface area contributed by atoms with Gasteiger partial charge in [-0.1, -0.05) is 13.3 Å². The molecule has 2 atom stereocenters. The fraction of sp³-hybridized carbons (Fsp3) is 0.786. The molecule has 2 unspecified atom stereocenters. The molecular formula is C14H23N3S. The summed E-state index contributed by atoms with van der Waals surface area (Å²) in [5, 5.41) is 6.97. The zero-order chi connectivity index (χ0) is 12.5. The fourth-order valence-corrected chi connectivity index (χ4v) is 4.32. The van der Waals surface area contributed by atoms with E-state index in [-0.39, 0.29) is 0 Å². The summed E-state index contributed by atoms with van der Waals surface area (Å²) in [5.74, 6) is 0. The van der Waals surface area contributed by atoms with Gasteiger partial charge in [0.15, 0.2) is 5.13 Å². The van der Waals surface area contributed by atoms with Crippen molar-refractivity contribution in [2.24, 2.45) is 0 Å². The lowest BCUT2D eigenvalue weighted by molar-refractivity contribution is 0.0608. The number of nitrogens with zero attached hydrogens (tertiary/aromatic N) is 2. The molecule has 0 spiro atoms. The lowest BCUT2D eigenvalue weighted by atomic mass is 9.82. The van der Waals surface area contributed by atoms with Gasteiger partial charge < -0.3 is 10.2 Å². The summed E-state index contributed by atoms with van der Waals surface area (Å²) in [6, 6.07) is 2.22. The normalized spacial score (nSPS) is 32.4. The Bertz CT molecular complexity index is 389. The van der Waals surface area contributed by atoms with Crippen molar-refractivity contribution in [1.82, 2.24) is 9.88 Å². The third-order valence-corrected chi connectivity index (χ3v) is 5.40. The summed E-state index contributed by atoms with van der Waals surface area (Å²) >= 11 is 1.76. The van der Waals surface area contributed by atoms with Gasteiger partial charge in [-0.25, -0.2) is 4.98 Å². The maximum atomic E-state index is 4.63. The van der Waals surface area contributed by atoms with Crippen molar-refractivity contribution in [1.29, 1.82) is 0 Å². The van der Waals surface area contributed by atoms with Crippen molar-refractivity contribution in [3.8, 4) is 0 Å². The topological polar surface area (TPSA) is 28.2 Å². The fourth-order valence-electron chi connectivity index (χ4n) is 3.44. The number of hydrogen-bond donors (Lipinski definition) is 1. The maximum absolute atomic E-state index is 4.63. The van der Waals surface area contributed by atoms with Gasteiger partial charge in [-0.2, -0.15) is 0 Å². The third-order valence-electron chi connectivity index (χ3n) is 4.58. The number of fused-ring (bicyclic) bond motifs is 2. The van der Waals surface area contributed by atoms with E-state index < -0.39 is 0 Å². The summed E-state index contributed by atoms with van der Waals surface area (Å²) in [6.45, 7) is 2.17. The van der Waals surface area contributed by atoms with Crippen LogP contribution in [0, 0.1) is 0 Å². The van der Waals surface area contributed by atoms with Gasteiger partial charge in [-0.05, 0) is 39.2 Å². The predicted octanol–water partition coefficient (Wildman–Crippen LogP) is 3.13. The number of aryl methyl sites for hydroxylation is 1. The lowest BCUT2D eigenvalue weighted by Crippen LogP contribution is -2.52. The van der Waals surface area contributed by atoms with Crippen LogP contribution in [0.4, 0.5) is 5.13 Å². The first-order chi connectivity index (χ1) is 8.76. The molecule has 3 rings (SSSR count). The van der Waals surface area contributed by atoms with Crippen LogP contribution in [0.15, 0.2) is 5.38 Å². The van der Waals surface area contributed by atoms with Crippen LogP contribution < -0.4 is 5.32 Å². The number of nitrogens with one attached hydrogen (secondary N) is 1. The molecule has 2 saturated heterocycles. The first-order valence-electron chi connectivity index (χ1n) is 7.19. The second-order valence-corrected chi connectivity index (χ2v) is 6.57. The third kappa shape index (κ3) is 2.41. The molecule has 0 aromatic carbocycles. The quantitative estimate of drug-likeness (QED) is 0.910. The lowest BCUT2D eigenvalue weighted by Gasteiger charge is -2.47. The van der Waals surface area contributed by atoms with Crippen LogP contribution in [0.25, 0.3) is 0 Å². The van der Waals surface area contributed by atoms with Gasteiger partial charge in [0.1, 0.15) is 0 Å². The van der Waals surface area contributed by atoms with Gasteiger partial charge in [0.25, 0.3) is 0 Å². The Hall–Kier alpha value is -0.610. The van der Waals surface area contributed by atoms with Crippen molar-refractivity contribution in [2.75, 3.05) is 12.4 Å². The molecule has 1 aromatic rings. The van der Waals surface area contributed by atoms with Gasteiger partial charge in [-0.15, -0.1) is 11.3 Å². The van der Waals surface area contributed by atoms with Crippen molar-refractivity contribution in [3.05, 3.63) is 11.1 Å². The summed E-state index contributed by atoms with van der Waals surface area (Å²) in [4.78, 5) is 7.24. The van der Waals surface area contributed by atoms with E-state index in [0.29, 0.717) is 6.04 Å².